The molecular weight excluding hydrogens is 477 g/mol. The van der Waals surface area contributed by atoms with Crippen LogP contribution in [0.25, 0.3) is 5.52 Å². The van der Waals surface area contributed by atoms with E-state index in [0.29, 0.717) is 10.7 Å². The Morgan fingerprint density at radius 1 is 1.28 bits per heavy atom. The second-order valence-electron chi connectivity index (χ2n) is 6.34. The van der Waals surface area contributed by atoms with Gasteiger partial charge in [0.15, 0.2) is 15.7 Å². The van der Waals surface area contributed by atoms with E-state index < -0.39 is 27.5 Å². The first-order valence-electron chi connectivity index (χ1n) is 8.31. The van der Waals surface area contributed by atoms with Gasteiger partial charge in [0, 0.05) is 16.9 Å². The van der Waals surface area contributed by atoms with E-state index >= 15 is 0 Å². The summed E-state index contributed by atoms with van der Waals surface area (Å²) in [5.41, 5.74) is -0.894. The third-order valence-corrected chi connectivity index (χ3v) is 6.83. The summed E-state index contributed by atoms with van der Waals surface area (Å²) in [6.45, 7) is 1.28. The number of hydrogen-bond donors (Lipinski definition) is 0. The highest BCUT2D eigenvalue weighted by Crippen LogP contribution is 2.37. The summed E-state index contributed by atoms with van der Waals surface area (Å²) in [7, 11) is -3.81. The highest BCUT2D eigenvalue weighted by atomic mass is 79.9. The fourth-order valence-corrected chi connectivity index (χ4v) is 4.63. The maximum Gasteiger partial charge on any atom is 0.417 e. The zero-order chi connectivity index (χ0) is 21.1. The number of rotatable bonds is 3. The van der Waals surface area contributed by atoms with Gasteiger partial charge in [0.1, 0.15) is 4.90 Å². The number of carbonyl (C=O) groups excluding carboxylic acids is 1. The van der Waals surface area contributed by atoms with Crippen molar-refractivity contribution >= 4 is 43.0 Å². The van der Waals surface area contributed by atoms with Crippen molar-refractivity contribution in [1.82, 2.24) is 14.6 Å². The first-order chi connectivity index (χ1) is 13.5. The number of aromatic nitrogens is 3. The number of anilines is 1. The summed E-state index contributed by atoms with van der Waals surface area (Å²) in [6, 6.07) is 3.92. The normalized spacial score (nSPS) is 14.7. The molecule has 7 nitrogen and oxygen atoms in total. The molecular formula is C17H12BrF3N4O3S. The number of amides is 1. The molecule has 0 aromatic carbocycles. The summed E-state index contributed by atoms with van der Waals surface area (Å²) in [4.78, 5) is 17.5. The van der Waals surface area contributed by atoms with Crippen LogP contribution < -0.4 is 4.90 Å². The highest BCUT2D eigenvalue weighted by Gasteiger charge is 2.39. The molecule has 1 aliphatic rings. The Morgan fingerprint density at radius 2 is 2.00 bits per heavy atom. The van der Waals surface area contributed by atoms with Crippen LogP contribution in [0.15, 0.2) is 40.0 Å². The van der Waals surface area contributed by atoms with Crippen LogP contribution in [0.1, 0.15) is 28.5 Å². The highest BCUT2D eigenvalue weighted by molar-refractivity contribution is 9.10. The molecule has 3 aromatic rings. The van der Waals surface area contributed by atoms with Crippen LogP contribution in [0.5, 0.6) is 0 Å². The van der Waals surface area contributed by atoms with Crippen molar-refractivity contribution in [2.45, 2.75) is 24.5 Å². The lowest BCUT2D eigenvalue weighted by molar-refractivity contribution is -0.137. The summed E-state index contributed by atoms with van der Waals surface area (Å²) >= 11 is 3.28. The number of alkyl halides is 3. The van der Waals surface area contributed by atoms with Gasteiger partial charge in [0.25, 0.3) is 5.91 Å². The molecule has 3 aromatic heterocycles. The van der Waals surface area contributed by atoms with Gasteiger partial charge in [-0.2, -0.15) is 13.2 Å². The van der Waals surface area contributed by atoms with Crippen molar-refractivity contribution in [1.29, 1.82) is 0 Å². The number of halogens is 4. The van der Waals surface area contributed by atoms with Gasteiger partial charge in [-0.05, 0) is 18.2 Å². The van der Waals surface area contributed by atoms with Crippen LogP contribution in [-0.4, -0.2) is 34.7 Å². The van der Waals surface area contributed by atoms with Crippen LogP contribution in [0.2, 0.25) is 0 Å². The molecule has 0 radical (unpaired) electrons. The third-order valence-electron chi connectivity index (χ3n) is 4.56. The number of pyridine rings is 2. The Bertz CT molecular complexity index is 1270. The van der Waals surface area contributed by atoms with E-state index in [1.807, 2.05) is 0 Å². The van der Waals surface area contributed by atoms with Crippen LogP contribution in [0, 0.1) is 0 Å². The average molecular weight is 489 g/mol. The average Bonchev–Trinajstić information content (AvgIpc) is 3.18. The zero-order valence-corrected chi connectivity index (χ0v) is 17.1. The van der Waals surface area contributed by atoms with E-state index in [2.05, 4.69) is 26.0 Å². The van der Waals surface area contributed by atoms with E-state index in [-0.39, 0.29) is 39.8 Å². The van der Waals surface area contributed by atoms with Gasteiger partial charge in [-0.1, -0.05) is 22.9 Å². The maximum absolute atomic E-state index is 13.0. The quantitative estimate of drug-likeness (QED) is 0.563. The number of carbonyl (C=O) groups is 1. The second kappa shape index (κ2) is 6.52. The third kappa shape index (κ3) is 3.19. The number of hydrogen-bond acceptors (Lipinski definition) is 5. The first kappa shape index (κ1) is 19.8. The Kier molecular flexibility index (Phi) is 4.46. The fourth-order valence-electron chi connectivity index (χ4n) is 3.10. The molecule has 0 spiro atoms. The van der Waals surface area contributed by atoms with E-state index in [1.165, 1.54) is 17.6 Å². The van der Waals surface area contributed by atoms with Crippen molar-refractivity contribution in [3.8, 4) is 0 Å². The zero-order valence-electron chi connectivity index (χ0n) is 14.7. The fraction of sp³-hybridized carbons (Fsp3) is 0.235. The lowest BCUT2D eigenvalue weighted by Crippen LogP contribution is -2.25. The Hall–Kier alpha value is -2.47. The van der Waals surface area contributed by atoms with Gasteiger partial charge in [-0.25, -0.2) is 12.9 Å². The molecule has 0 unspecified atom stereocenters. The second-order valence-corrected chi connectivity index (χ2v) is 9.47. The van der Waals surface area contributed by atoms with Crippen molar-refractivity contribution in [3.63, 3.8) is 0 Å². The predicted octanol–water partition coefficient (Wildman–Crippen LogP) is 3.46. The molecule has 0 saturated heterocycles. The minimum Gasteiger partial charge on any atom is -0.284 e. The first-order valence-corrected chi connectivity index (χ1v) is 10.8. The minimum absolute atomic E-state index is 0.126. The molecule has 0 saturated carbocycles. The lowest BCUT2D eigenvalue weighted by atomic mass is 10.1. The monoisotopic (exact) mass is 488 g/mol. The van der Waals surface area contributed by atoms with Gasteiger partial charge in [-0.15, -0.1) is 5.10 Å². The predicted molar refractivity (Wildman–Crippen MR) is 100 cm³/mol. The molecule has 0 N–H and O–H groups in total. The summed E-state index contributed by atoms with van der Waals surface area (Å²) in [5.74, 6) is -1.16. The number of sulfone groups is 1. The molecule has 1 aliphatic heterocycles. The summed E-state index contributed by atoms with van der Waals surface area (Å²) in [5, 5.41) is 4.23. The molecule has 1 amide bonds. The SMILES string of the molecule is CCS(=O)(=O)c1c(N2Cc3ncc(C(F)(F)F)cc3C2=O)nn2ccc(Br)cc12. The molecule has 29 heavy (non-hydrogen) atoms. The van der Waals surface area contributed by atoms with Crippen LogP contribution >= 0.6 is 15.9 Å². The van der Waals surface area contributed by atoms with E-state index in [9.17, 15) is 26.4 Å². The van der Waals surface area contributed by atoms with Crippen LogP contribution in [-0.2, 0) is 22.6 Å². The molecule has 152 valence electrons. The van der Waals surface area contributed by atoms with Crippen LogP contribution in [0.4, 0.5) is 19.0 Å². The van der Waals surface area contributed by atoms with Crippen molar-refractivity contribution < 1.29 is 26.4 Å². The van der Waals surface area contributed by atoms with E-state index in [0.717, 1.165) is 11.0 Å². The van der Waals surface area contributed by atoms with Gasteiger partial charge in [0.05, 0.1) is 34.6 Å². The molecule has 0 atom stereocenters. The van der Waals surface area contributed by atoms with E-state index in [4.69, 9.17) is 0 Å². The van der Waals surface area contributed by atoms with Gasteiger partial charge < -0.3 is 0 Å². The maximum atomic E-state index is 13.0. The van der Waals surface area contributed by atoms with Crippen LogP contribution in [0.3, 0.4) is 0 Å². The van der Waals surface area contributed by atoms with Gasteiger partial charge in [0.2, 0.25) is 0 Å². The molecule has 12 heteroatoms. The van der Waals surface area contributed by atoms with Gasteiger partial charge in [-0.3, -0.25) is 14.7 Å². The molecule has 0 bridgehead atoms. The largest absolute Gasteiger partial charge is 0.417 e. The van der Waals surface area contributed by atoms with Gasteiger partial charge >= 0.3 is 6.18 Å². The Balaban J connectivity index is 1.90. The van der Waals surface area contributed by atoms with Crippen molar-refractivity contribution in [3.05, 3.63) is 51.9 Å². The summed E-state index contributed by atoms with van der Waals surface area (Å²) in [6.07, 6.45) is -2.48. The topological polar surface area (TPSA) is 84.6 Å². The number of fused-ring (bicyclic) bond motifs is 2. The standard InChI is InChI=1S/C17H12BrF3N4O3S/c1-2-29(27,28)14-13-6-10(18)3-4-25(13)23-15(14)24-8-12-11(16(24)26)5-9(7-22-12)17(19,20)21/h3-7H,2,8H2,1H3. The lowest BCUT2D eigenvalue weighted by Gasteiger charge is -2.14. The minimum atomic E-state index is -4.65. The van der Waals surface area contributed by atoms with E-state index in [1.54, 1.807) is 12.1 Å². The van der Waals surface area contributed by atoms with Crippen molar-refractivity contribution in [2.75, 3.05) is 10.7 Å². The molecule has 0 fully saturated rings. The molecule has 4 heterocycles. The number of nitrogens with zero attached hydrogens (tertiary/aromatic N) is 4. The molecule has 4 rings (SSSR count). The molecule has 0 aliphatic carbocycles. The van der Waals surface area contributed by atoms with Crippen molar-refractivity contribution in [2.24, 2.45) is 0 Å². The smallest absolute Gasteiger partial charge is 0.284 e. The Morgan fingerprint density at radius 3 is 2.66 bits per heavy atom. The summed E-state index contributed by atoms with van der Waals surface area (Å²) < 4.78 is 66.4. The Labute approximate surface area is 171 Å².